The van der Waals surface area contributed by atoms with Gasteiger partial charge in [-0.05, 0) is 79.2 Å². The van der Waals surface area contributed by atoms with Crippen LogP contribution in [0.2, 0.25) is 0 Å². The molecular formula is C18H25N3OS2. The van der Waals surface area contributed by atoms with Crippen LogP contribution in [0, 0.1) is 0 Å². The molecule has 0 spiro atoms. The minimum Gasteiger partial charge on any atom is -0.508 e. The minimum atomic E-state index is 0.300. The van der Waals surface area contributed by atoms with E-state index in [9.17, 15) is 5.11 Å². The van der Waals surface area contributed by atoms with Crippen LogP contribution in [0.1, 0.15) is 11.1 Å². The van der Waals surface area contributed by atoms with Crippen LogP contribution in [-0.4, -0.2) is 48.3 Å². The first kappa shape index (κ1) is 18.7. The van der Waals surface area contributed by atoms with E-state index in [2.05, 4.69) is 46.5 Å². The average Bonchev–Trinajstić information content (AvgIpc) is 3.06. The van der Waals surface area contributed by atoms with Crippen LogP contribution in [0.3, 0.4) is 0 Å². The molecule has 2 rings (SSSR count). The van der Waals surface area contributed by atoms with E-state index >= 15 is 0 Å². The van der Waals surface area contributed by atoms with Crippen LogP contribution in [0.5, 0.6) is 5.75 Å². The number of nitrogens with one attached hydrogen (secondary N) is 2. The number of phenolic OH excluding ortho intramolecular Hbond substituents is 1. The van der Waals surface area contributed by atoms with Crippen molar-refractivity contribution in [3.8, 4) is 5.75 Å². The maximum atomic E-state index is 9.38. The molecule has 0 aliphatic carbocycles. The van der Waals surface area contributed by atoms with Gasteiger partial charge in [0.25, 0.3) is 0 Å². The maximum absolute atomic E-state index is 9.38. The van der Waals surface area contributed by atoms with Crippen molar-refractivity contribution < 1.29 is 5.11 Å². The Morgan fingerprint density at radius 2 is 1.92 bits per heavy atom. The summed E-state index contributed by atoms with van der Waals surface area (Å²) >= 11 is 7.08. The van der Waals surface area contributed by atoms with Gasteiger partial charge in [-0.25, -0.2) is 0 Å². The first-order valence-corrected chi connectivity index (χ1v) is 9.37. The van der Waals surface area contributed by atoms with Crippen LogP contribution in [0.15, 0.2) is 41.1 Å². The minimum absolute atomic E-state index is 0.300. The molecule has 1 atom stereocenters. The quantitative estimate of drug-likeness (QED) is 0.630. The number of likely N-dealkylation sites (N-methyl/N-ethyl adjacent to an activating group) is 1. The molecule has 24 heavy (non-hydrogen) atoms. The third-order valence-electron chi connectivity index (χ3n) is 3.92. The first-order chi connectivity index (χ1) is 11.5. The molecule has 4 nitrogen and oxygen atoms in total. The molecule has 2 aromatic rings. The lowest BCUT2D eigenvalue weighted by Gasteiger charge is -2.25. The van der Waals surface area contributed by atoms with Gasteiger partial charge in [-0.2, -0.15) is 11.3 Å². The predicted molar refractivity (Wildman–Crippen MR) is 106 cm³/mol. The zero-order chi connectivity index (χ0) is 17.4. The summed E-state index contributed by atoms with van der Waals surface area (Å²) in [6.07, 6.45) is 1.88. The number of hydrogen-bond acceptors (Lipinski definition) is 4. The Kier molecular flexibility index (Phi) is 7.49. The standard InChI is InChI=1S/C18H25N3OS2/c1-21(2)16(11-14-3-5-17(22)6-4-14)12-20-18(23)19-9-7-15-8-10-24-13-15/h3-6,8,10,13,16,22H,7,9,11-12H2,1-2H3,(H2,19,20,23). The number of nitrogens with zero attached hydrogens (tertiary/aromatic N) is 1. The lowest BCUT2D eigenvalue weighted by Crippen LogP contribution is -2.45. The smallest absolute Gasteiger partial charge is 0.166 e. The highest BCUT2D eigenvalue weighted by Gasteiger charge is 2.12. The number of phenols is 1. The summed E-state index contributed by atoms with van der Waals surface area (Å²) < 4.78 is 0. The number of thiophene rings is 1. The molecule has 1 aromatic heterocycles. The Balaban J connectivity index is 1.73. The molecule has 3 N–H and O–H groups in total. The molecule has 1 heterocycles. The zero-order valence-corrected chi connectivity index (χ0v) is 15.8. The highest BCUT2D eigenvalue weighted by molar-refractivity contribution is 7.80. The second kappa shape index (κ2) is 9.61. The predicted octanol–water partition coefficient (Wildman–Crippen LogP) is 2.63. The number of thiocarbonyl (C=S) groups is 1. The Labute approximate surface area is 153 Å². The van der Waals surface area contributed by atoms with Gasteiger partial charge in [0.05, 0.1) is 0 Å². The molecule has 0 aliphatic heterocycles. The topological polar surface area (TPSA) is 47.5 Å². The summed E-state index contributed by atoms with van der Waals surface area (Å²) in [4.78, 5) is 2.19. The summed E-state index contributed by atoms with van der Waals surface area (Å²) in [5.41, 5.74) is 2.54. The Morgan fingerprint density at radius 1 is 1.17 bits per heavy atom. The molecule has 1 aromatic carbocycles. The molecule has 130 valence electrons. The van der Waals surface area contributed by atoms with E-state index in [1.165, 1.54) is 11.1 Å². The molecule has 0 saturated heterocycles. The van der Waals surface area contributed by atoms with Gasteiger partial charge in [-0.1, -0.05) is 12.1 Å². The van der Waals surface area contributed by atoms with E-state index in [4.69, 9.17) is 12.2 Å². The number of rotatable bonds is 8. The van der Waals surface area contributed by atoms with Gasteiger partial charge in [0.1, 0.15) is 5.75 Å². The number of benzene rings is 1. The van der Waals surface area contributed by atoms with Crippen molar-refractivity contribution in [2.24, 2.45) is 0 Å². The molecule has 0 amide bonds. The van der Waals surface area contributed by atoms with Crippen LogP contribution in [-0.2, 0) is 12.8 Å². The highest BCUT2D eigenvalue weighted by Crippen LogP contribution is 2.12. The molecule has 0 fully saturated rings. The van der Waals surface area contributed by atoms with Crippen LogP contribution < -0.4 is 10.6 Å². The summed E-state index contributed by atoms with van der Waals surface area (Å²) in [6.45, 7) is 1.62. The molecule has 1 unspecified atom stereocenters. The largest absolute Gasteiger partial charge is 0.508 e. The van der Waals surface area contributed by atoms with E-state index in [-0.39, 0.29) is 0 Å². The van der Waals surface area contributed by atoms with E-state index in [0.29, 0.717) is 16.9 Å². The van der Waals surface area contributed by atoms with Crippen molar-refractivity contribution in [2.45, 2.75) is 18.9 Å². The summed E-state index contributed by atoms with van der Waals surface area (Å²) in [5, 5.41) is 20.9. The van der Waals surface area contributed by atoms with Crippen molar-refractivity contribution in [2.75, 3.05) is 27.2 Å². The highest BCUT2D eigenvalue weighted by atomic mass is 32.1. The maximum Gasteiger partial charge on any atom is 0.166 e. The van der Waals surface area contributed by atoms with Gasteiger partial charge in [0.2, 0.25) is 0 Å². The SMILES string of the molecule is CN(C)C(CNC(=S)NCCc1ccsc1)Cc1ccc(O)cc1. The van der Waals surface area contributed by atoms with Crippen molar-refractivity contribution in [3.05, 3.63) is 52.2 Å². The third kappa shape index (κ3) is 6.47. The van der Waals surface area contributed by atoms with Crippen molar-refractivity contribution in [1.82, 2.24) is 15.5 Å². The lowest BCUT2D eigenvalue weighted by atomic mass is 10.1. The van der Waals surface area contributed by atoms with E-state index in [0.717, 1.165) is 25.9 Å². The second-order valence-electron chi connectivity index (χ2n) is 6.01. The fourth-order valence-corrected chi connectivity index (χ4v) is 3.26. The summed E-state index contributed by atoms with van der Waals surface area (Å²) in [5.74, 6) is 0.300. The molecular weight excluding hydrogens is 338 g/mol. The van der Waals surface area contributed by atoms with Crippen molar-refractivity contribution in [1.29, 1.82) is 0 Å². The Morgan fingerprint density at radius 3 is 2.54 bits per heavy atom. The fourth-order valence-electron chi connectivity index (χ4n) is 2.37. The lowest BCUT2D eigenvalue weighted by molar-refractivity contribution is 0.290. The van der Waals surface area contributed by atoms with Gasteiger partial charge in [0.15, 0.2) is 5.11 Å². The van der Waals surface area contributed by atoms with E-state index in [1.807, 2.05) is 12.1 Å². The van der Waals surface area contributed by atoms with Gasteiger partial charge >= 0.3 is 0 Å². The van der Waals surface area contributed by atoms with Gasteiger partial charge in [-0.15, -0.1) is 0 Å². The molecule has 0 saturated carbocycles. The van der Waals surface area contributed by atoms with Gasteiger partial charge in [0, 0.05) is 19.1 Å². The van der Waals surface area contributed by atoms with Crippen molar-refractivity contribution in [3.63, 3.8) is 0 Å². The van der Waals surface area contributed by atoms with Crippen molar-refractivity contribution >= 4 is 28.7 Å². The summed E-state index contributed by atoms with van der Waals surface area (Å²) in [7, 11) is 4.14. The molecule has 0 aliphatic rings. The van der Waals surface area contributed by atoms with Crippen LogP contribution in [0.4, 0.5) is 0 Å². The van der Waals surface area contributed by atoms with Gasteiger partial charge in [-0.3, -0.25) is 0 Å². The number of hydrogen-bond donors (Lipinski definition) is 3. The normalized spacial score (nSPS) is 12.1. The van der Waals surface area contributed by atoms with E-state index in [1.54, 1.807) is 23.5 Å². The van der Waals surface area contributed by atoms with E-state index < -0.39 is 0 Å². The molecule has 0 bridgehead atoms. The summed E-state index contributed by atoms with van der Waals surface area (Å²) in [6, 6.07) is 9.85. The third-order valence-corrected chi connectivity index (χ3v) is 4.94. The average molecular weight is 364 g/mol. The van der Waals surface area contributed by atoms with Gasteiger partial charge < -0.3 is 20.6 Å². The fraction of sp³-hybridized carbons (Fsp3) is 0.389. The monoisotopic (exact) mass is 363 g/mol. The van der Waals surface area contributed by atoms with Crippen LogP contribution >= 0.6 is 23.6 Å². The van der Waals surface area contributed by atoms with Crippen LogP contribution in [0.25, 0.3) is 0 Å². The number of aromatic hydroxyl groups is 1. The Hall–Kier alpha value is -1.63. The molecule has 0 radical (unpaired) electrons. The first-order valence-electron chi connectivity index (χ1n) is 8.01. The Bertz CT molecular complexity index is 612. The zero-order valence-electron chi connectivity index (χ0n) is 14.2. The second-order valence-corrected chi connectivity index (χ2v) is 7.19. The molecule has 6 heteroatoms.